The van der Waals surface area contributed by atoms with E-state index in [4.69, 9.17) is 10.5 Å². The Labute approximate surface area is 107 Å². The van der Waals surface area contributed by atoms with Crippen LogP contribution in [0, 0.1) is 0 Å². The second-order valence-electron chi connectivity index (χ2n) is 4.74. The van der Waals surface area contributed by atoms with Gasteiger partial charge in [-0.1, -0.05) is 30.3 Å². The van der Waals surface area contributed by atoms with Gasteiger partial charge in [0, 0.05) is 0 Å². The van der Waals surface area contributed by atoms with Gasteiger partial charge in [-0.05, 0) is 47.2 Å². The molecule has 1 aliphatic rings. The van der Waals surface area contributed by atoms with E-state index in [-0.39, 0.29) is 6.04 Å². The number of hydrogen-bond donors (Lipinski definition) is 1. The van der Waals surface area contributed by atoms with Crippen molar-refractivity contribution >= 4 is 0 Å². The summed E-state index contributed by atoms with van der Waals surface area (Å²) in [6.45, 7) is 0. The van der Waals surface area contributed by atoms with Crippen molar-refractivity contribution in [2.24, 2.45) is 5.73 Å². The third-order valence-electron chi connectivity index (χ3n) is 3.74. The lowest BCUT2D eigenvalue weighted by molar-refractivity contribution is 0.414. The van der Waals surface area contributed by atoms with Gasteiger partial charge in [-0.2, -0.15) is 0 Å². The Hall–Kier alpha value is -1.80. The third kappa shape index (κ3) is 1.79. The molecular weight excluding hydrogens is 222 g/mol. The highest BCUT2D eigenvalue weighted by molar-refractivity contribution is 5.46. The molecule has 1 atom stereocenters. The zero-order chi connectivity index (χ0) is 12.5. The molecule has 0 amide bonds. The number of ether oxygens (including phenoxy) is 1. The highest BCUT2D eigenvalue weighted by Gasteiger charge is 2.20. The van der Waals surface area contributed by atoms with Gasteiger partial charge in [0.2, 0.25) is 0 Å². The summed E-state index contributed by atoms with van der Waals surface area (Å²) < 4.78 is 5.30. The number of hydrogen-bond acceptors (Lipinski definition) is 2. The fourth-order valence-electron chi connectivity index (χ4n) is 2.72. The molecule has 2 aromatic carbocycles. The van der Waals surface area contributed by atoms with Crippen molar-refractivity contribution in [3.63, 3.8) is 0 Å². The highest BCUT2D eigenvalue weighted by Crippen LogP contribution is 2.32. The van der Waals surface area contributed by atoms with E-state index in [1.54, 1.807) is 7.11 Å². The first-order valence-electron chi connectivity index (χ1n) is 6.30. The van der Waals surface area contributed by atoms with Crippen LogP contribution < -0.4 is 10.5 Å². The molecule has 2 nitrogen and oxygen atoms in total. The summed E-state index contributed by atoms with van der Waals surface area (Å²) in [5, 5.41) is 0. The number of methoxy groups -OCH3 is 1. The van der Waals surface area contributed by atoms with Gasteiger partial charge in [0.05, 0.1) is 13.2 Å². The quantitative estimate of drug-likeness (QED) is 0.830. The van der Waals surface area contributed by atoms with Gasteiger partial charge in [-0.15, -0.1) is 0 Å². The van der Waals surface area contributed by atoms with Crippen LogP contribution in [0.25, 0.3) is 0 Å². The molecular formula is C16H17NO. The van der Waals surface area contributed by atoms with Gasteiger partial charge in [0.15, 0.2) is 0 Å². The largest absolute Gasteiger partial charge is 0.497 e. The Bertz CT molecular complexity index is 577. The number of benzene rings is 2. The second-order valence-corrected chi connectivity index (χ2v) is 4.74. The third-order valence-corrected chi connectivity index (χ3v) is 3.74. The predicted octanol–water partition coefficient (Wildman–Crippen LogP) is 2.84. The predicted molar refractivity (Wildman–Crippen MR) is 72.9 cm³/mol. The maximum absolute atomic E-state index is 6.43. The van der Waals surface area contributed by atoms with E-state index in [9.17, 15) is 0 Å². The van der Waals surface area contributed by atoms with Gasteiger partial charge < -0.3 is 10.5 Å². The molecule has 1 aliphatic carbocycles. The molecule has 2 heteroatoms. The average molecular weight is 239 g/mol. The SMILES string of the molecule is COc1ccc2c(c1)[C@H](N)c1ccccc1CC2. The summed E-state index contributed by atoms with van der Waals surface area (Å²) in [6.07, 6.45) is 2.10. The topological polar surface area (TPSA) is 35.2 Å². The molecule has 0 saturated heterocycles. The normalized spacial score (nSPS) is 17.6. The van der Waals surface area contributed by atoms with E-state index >= 15 is 0 Å². The standard InChI is InChI=1S/C16H17NO/c1-18-13-9-8-12-7-6-11-4-2-3-5-14(11)16(17)15(12)10-13/h2-5,8-10,16H,6-7,17H2,1H3/t16-/m1/s1. The highest BCUT2D eigenvalue weighted by atomic mass is 16.5. The van der Waals surface area contributed by atoms with Crippen LogP contribution in [0.2, 0.25) is 0 Å². The van der Waals surface area contributed by atoms with Crippen molar-refractivity contribution in [3.8, 4) is 5.75 Å². The van der Waals surface area contributed by atoms with Crippen LogP contribution in [0.3, 0.4) is 0 Å². The van der Waals surface area contributed by atoms with Crippen LogP contribution in [-0.4, -0.2) is 7.11 Å². The molecule has 18 heavy (non-hydrogen) atoms. The molecule has 2 N–H and O–H groups in total. The van der Waals surface area contributed by atoms with E-state index in [0.29, 0.717) is 0 Å². The van der Waals surface area contributed by atoms with Crippen molar-refractivity contribution < 1.29 is 4.74 Å². The first-order valence-corrected chi connectivity index (χ1v) is 6.30. The average Bonchev–Trinajstić information content (AvgIpc) is 2.57. The summed E-state index contributed by atoms with van der Waals surface area (Å²) in [7, 11) is 1.69. The van der Waals surface area contributed by atoms with Gasteiger partial charge in [0.25, 0.3) is 0 Å². The summed E-state index contributed by atoms with van der Waals surface area (Å²) in [4.78, 5) is 0. The van der Waals surface area contributed by atoms with Crippen LogP contribution in [0.4, 0.5) is 0 Å². The monoisotopic (exact) mass is 239 g/mol. The molecule has 0 fully saturated rings. The molecule has 0 spiro atoms. The zero-order valence-corrected chi connectivity index (χ0v) is 10.5. The minimum atomic E-state index is -0.0474. The first-order chi connectivity index (χ1) is 8.79. The fourth-order valence-corrected chi connectivity index (χ4v) is 2.72. The lowest BCUT2D eigenvalue weighted by atomic mass is 9.95. The van der Waals surface area contributed by atoms with E-state index in [2.05, 4.69) is 36.4 Å². The zero-order valence-electron chi connectivity index (χ0n) is 10.5. The number of fused-ring (bicyclic) bond motifs is 2. The molecule has 0 unspecified atom stereocenters. The van der Waals surface area contributed by atoms with Crippen molar-refractivity contribution in [2.75, 3.05) is 7.11 Å². The molecule has 0 aromatic heterocycles. The Balaban J connectivity index is 2.14. The number of aryl methyl sites for hydroxylation is 2. The van der Waals surface area contributed by atoms with Crippen molar-refractivity contribution in [3.05, 3.63) is 64.7 Å². The molecule has 0 saturated carbocycles. The van der Waals surface area contributed by atoms with Crippen LogP contribution in [-0.2, 0) is 12.8 Å². The van der Waals surface area contributed by atoms with Crippen molar-refractivity contribution in [1.82, 2.24) is 0 Å². The van der Waals surface area contributed by atoms with Gasteiger partial charge in [-0.3, -0.25) is 0 Å². The molecule has 0 bridgehead atoms. The minimum absolute atomic E-state index is 0.0474. The fraction of sp³-hybridized carbons (Fsp3) is 0.250. The Morgan fingerprint density at radius 1 is 1.00 bits per heavy atom. The maximum atomic E-state index is 6.43. The molecule has 0 aliphatic heterocycles. The second kappa shape index (κ2) is 4.46. The van der Waals surface area contributed by atoms with Gasteiger partial charge >= 0.3 is 0 Å². The lowest BCUT2D eigenvalue weighted by Crippen LogP contribution is -2.13. The van der Waals surface area contributed by atoms with E-state index in [1.165, 1.54) is 22.3 Å². The smallest absolute Gasteiger partial charge is 0.119 e. The maximum Gasteiger partial charge on any atom is 0.119 e. The lowest BCUT2D eigenvalue weighted by Gasteiger charge is -2.16. The molecule has 92 valence electrons. The summed E-state index contributed by atoms with van der Waals surface area (Å²) in [5.41, 5.74) is 11.6. The Morgan fingerprint density at radius 3 is 2.50 bits per heavy atom. The summed E-state index contributed by atoms with van der Waals surface area (Å²) >= 11 is 0. The van der Waals surface area contributed by atoms with Crippen molar-refractivity contribution in [1.29, 1.82) is 0 Å². The Kier molecular flexibility index (Phi) is 2.80. The minimum Gasteiger partial charge on any atom is -0.497 e. The number of rotatable bonds is 1. The van der Waals surface area contributed by atoms with E-state index < -0.39 is 0 Å². The van der Waals surface area contributed by atoms with E-state index in [1.807, 2.05) is 6.07 Å². The molecule has 3 rings (SSSR count). The van der Waals surface area contributed by atoms with Crippen LogP contribution in [0.5, 0.6) is 5.75 Å². The van der Waals surface area contributed by atoms with Gasteiger partial charge in [-0.25, -0.2) is 0 Å². The van der Waals surface area contributed by atoms with Crippen LogP contribution in [0.15, 0.2) is 42.5 Å². The van der Waals surface area contributed by atoms with Crippen molar-refractivity contribution in [2.45, 2.75) is 18.9 Å². The first kappa shape index (κ1) is 11.3. The molecule has 0 heterocycles. The molecule has 2 aromatic rings. The molecule has 0 radical (unpaired) electrons. The van der Waals surface area contributed by atoms with Crippen LogP contribution >= 0.6 is 0 Å². The summed E-state index contributed by atoms with van der Waals surface area (Å²) in [5.74, 6) is 0.878. The number of nitrogens with two attached hydrogens (primary N) is 1. The van der Waals surface area contributed by atoms with E-state index in [0.717, 1.165) is 18.6 Å². The van der Waals surface area contributed by atoms with Gasteiger partial charge in [0.1, 0.15) is 5.75 Å². The Morgan fingerprint density at radius 2 is 1.72 bits per heavy atom. The van der Waals surface area contributed by atoms with Crippen LogP contribution in [0.1, 0.15) is 28.3 Å². The summed E-state index contributed by atoms with van der Waals surface area (Å²) in [6, 6.07) is 14.6.